The number of nitrogens with one attached hydrogen (secondary N) is 1. The van der Waals surface area contributed by atoms with E-state index >= 15 is 0 Å². The van der Waals surface area contributed by atoms with E-state index in [2.05, 4.69) is 28.1 Å². The minimum absolute atomic E-state index is 0.112. The van der Waals surface area contributed by atoms with Crippen LogP contribution in [0.1, 0.15) is 26.5 Å². The molecule has 4 N–H and O–H groups in total. The number of likely N-dealkylation sites (tertiary alicyclic amines) is 1. The maximum Gasteiger partial charge on any atom is 0.350 e. The summed E-state index contributed by atoms with van der Waals surface area (Å²) in [6.07, 6.45) is 0. The van der Waals surface area contributed by atoms with Crippen LogP contribution < -0.4 is 11.1 Å². The number of carboxylic acid groups (broad SMARTS) is 1. The number of thiol groups is 1. The van der Waals surface area contributed by atoms with Gasteiger partial charge in [0.05, 0.1) is 0 Å². The first-order valence-electron chi connectivity index (χ1n) is 7.58. The molecule has 2 atom stereocenters. The Kier molecular flexibility index (Phi) is 5.76. The van der Waals surface area contributed by atoms with Gasteiger partial charge in [-0.1, -0.05) is 5.16 Å². The second-order valence-corrected chi connectivity index (χ2v) is 7.33. The van der Waals surface area contributed by atoms with Gasteiger partial charge in [0.15, 0.2) is 10.8 Å². The van der Waals surface area contributed by atoms with Gasteiger partial charge in [-0.15, -0.1) is 11.3 Å². The number of nitrogens with two attached hydrogens (primary N) is 1. The van der Waals surface area contributed by atoms with Crippen LogP contribution in [-0.4, -0.2) is 62.0 Å². The number of β-lactam (4-membered cyclic amide) rings is 1. The number of nitrogens with zero attached hydrogens (tertiary/aromatic N) is 3. The van der Waals surface area contributed by atoms with Gasteiger partial charge in [0.2, 0.25) is 11.5 Å². The molecule has 142 valence electrons. The Balaban J connectivity index is 2.23. The molecule has 0 saturated carbocycles. The second-order valence-electron chi connectivity index (χ2n) is 5.91. The number of hydrogen-bond donors (Lipinski definition) is 4. The van der Waals surface area contributed by atoms with Crippen molar-refractivity contribution in [2.75, 3.05) is 12.3 Å². The molecule has 2 heterocycles. The van der Waals surface area contributed by atoms with Crippen LogP contribution in [0.2, 0.25) is 0 Å². The van der Waals surface area contributed by atoms with Crippen LogP contribution in [-0.2, 0) is 19.2 Å². The van der Waals surface area contributed by atoms with Gasteiger partial charge in [-0.2, -0.15) is 12.6 Å². The molecule has 1 aliphatic rings. The van der Waals surface area contributed by atoms with Crippen LogP contribution in [0.4, 0.5) is 5.13 Å². The molecular formula is C14H19N5O5S2. The van der Waals surface area contributed by atoms with Crippen molar-refractivity contribution in [2.45, 2.75) is 37.8 Å². The zero-order chi connectivity index (χ0) is 19.6. The lowest BCUT2D eigenvalue weighted by atomic mass is 10.1. The molecule has 2 rings (SSSR count). The number of rotatable bonds is 7. The fraction of sp³-hybridized carbons (Fsp3) is 0.500. The Morgan fingerprint density at radius 3 is 2.69 bits per heavy atom. The molecule has 1 fully saturated rings. The third-order valence-electron chi connectivity index (χ3n) is 3.65. The molecule has 1 aromatic heterocycles. The van der Waals surface area contributed by atoms with Crippen molar-refractivity contribution in [1.82, 2.24) is 15.2 Å². The molecule has 0 spiro atoms. The van der Waals surface area contributed by atoms with E-state index < -0.39 is 28.9 Å². The van der Waals surface area contributed by atoms with Crippen LogP contribution in [0.3, 0.4) is 0 Å². The molecule has 0 bridgehead atoms. The molecule has 1 saturated heterocycles. The fourth-order valence-electron chi connectivity index (χ4n) is 2.02. The molecule has 0 aliphatic carbocycles. The van der Waals surface area contributed by atoms with Crippen molar-refractivity contribution in [3.8, 4) is 0 Å². The van der Waals surface area contributed by atoms with E-state index in [4.69, 9.17) is 15.7 Å². The van der Waals surface area contributed by atoms with Gasteiger partial charge in [-0.3, -0.25) is 9.59 Å². The number of aromatic nitrogens is 1. The smallest absolute Gasteiger partial charge is 0.350 e. The summed E-state index contributed by atoms with van der Waals surface area (Å²) in [5.41, 5.74) is 3.75. The SMILES string of the molecule is CCN1C(=O)[C@@H](NC(=O)/C(=N\OC(C)(C)C(=O)O)c2csc(N)n2)[C@H]1S. The van der Waals surface area contributed by atoms with Gasteiger partial charge in [0.25, 0.3) is 5.91 Å². The minimum atomic E-state index is -1.66. The Morgan fingerprint density at radius 1 is 1.58 bits per heavy atom. The molecule has 12 heteroatoms. The Morgan fingerprint density at radius 2 is 2.23 bits per heavy atom. The van der Waals surface area contributed by atoms with E-state index in [-0.39, 0.29) is 22.4 Å². The summed E-state index contributed by atoms with van der Waals surface area (Å²) in [7, 11) is 0. The maximum atomic E-state index is 12.6. The van der Waals surface area contributed by atoms with Gasteiger partial charge in [0.1, 0.15) is 17.1 Å². The third kappa shape index (κ3) is 3.90. The molecule has 10 nitrogen and oxygen atoms in total. The molecule has 1 aliphatic heterocycles. The van der Waals surface area contributed by atoms with E-state index in [1.54, 1.807) is 6.92 Å². The predicted molar refractivity (Wildman–Crippen MR) is 98.0 cm³/mol. The number of aliphatic carboxylic acids is 1. The van der Waals surface area contributed by atoms with Crippen molar-refractivity contribution >= 4 is 52.6 Å². The first-order chi connectivity index (χ1) is 12.1. The normalized spacial score (nSPS) is 20.5. The van der Waals surface area contributed by atoms with E-state index in [9.17, 15) is 14.4 Å². The third-order valence-corrected chi connectivity index (χ3v) is 4.90. The fourth-order valence-corrected chi connectivity index (χ4v) is 3.05. The molecule has 26 heavy (non-hydrogen) atoms. The van der Waals surface area contributed by atoms with E-state index in [0.717, 1.165) is 11.3 Å². The van der Waals surface area contributed by atoms with Crippen molar-refractivity contribution < 1.29 is 24.3 Å². The Bertz CT molecular complexity index is 763. The number of oxime groups is 1. The highest BCUT2D eigenvalue weighted by atomic mass is 32.1. The van der Waals surface area contributed by atoms with Crippen LogP contribution >= 0.6 is 24.0 Å². The standard InChI is InChI=1S/C14H19N5O5S2/c1-4-19-10(21)8(11(19)25)17-9(20)7(6-5-26-13(15)16-6)18-24-14(2,3)12(22)23/h5,8,11,25H,4H2,1-3H3,(H2,15,16)(H,17,20)(H,22,23)/b18-7-/t8-,11-/m1/s1. The summed E-state index contributed by atoms with van der Waals surface area (Å²) in [5.74, 6) is -2.28. The molecule has 0 unspecified atom stereocenters. The number of anilines is 1. The van der Waals surface area contributed by atoms with Crippen LogP contribution in [0.5, 0.6) is 0 Å². The summed E-state index contributed by atoms with van der Waals surface area (Å²) in [6.45, 7) is 4.83. The number of hydrogen-bond acceptors (Lipinski definition) is 9. The van der Waals surface area contributed by atoms with Crippen molar-refractivity contribution in [2.24, 2.45) is 5.16 Å². The summed E-state index contributed by atoms with van der Waals surface area (Å²) in [4.78, 5) is 46.2. The summed E-state index contributed by atoms with van der Waals surface area (Å²) < 4.78 is 0. The maximum absolute atomic E-state index is 12.6. The number of carbonyl (C=O) groups is 3. The predicted octanol–water partition coefficient (Wildman–Crippen LogP) is -0.0880. The number of amides is 2. The lowest BCUT2D eigenvalue weighted by Crippen LogP contribution is -2.69. The van der Waals surface area contributed by atoms with Gasteiger partial charge >= 0.3 is 5.97 Å². The minimum Gasteiger partial charge on any atom is -0.478 e. The second kappa shape index (κ2) is 7.50. The van der Waals surface area contributed by atoms with Crippen molar-refractivity contribution in [3.63, 3.8) is 0 Å². The lowest BCUT2D eigenvalue weighted by Gasteiger charge is -2.44. The highest BCUT2D eigenvalue weighted by Gasteiger charge is 2.45. The lowest BCUT2D eigenvalue weighted by molar-refractivity contribution is -0.161. The van der Waals surface area contributed by atoms with Crippen LogP contribution in [0, 0.1) is 0 Å². The molecular weight excluding hydrogens is 382 g/mol. The topological polar surface area (TPSA) is 147 Å². The van der Waals surface area contributed by atoms with Crippen molar-refractivity contribution in [1.29, 1.82) is 0 Å². The zero-order valence-corrected chi connectivity index (χ0v) is 16.0. The number of thiazole rings is 1. The average Bonchev–Trinajstić information content (AvgIpc) is 2.99. The van der Waals surface area contributed by atoms with Gasteiger partial charge in [-0.05, 0) is 20.8 Å². The molecule has 0 radical (unpaired) electrons. The molecule has 1 aromatic rings. The van der Waals surface area contributed by atoms with Gasteiger partial charge in [-0.25, -0.2) is 9.78 Å². The monoisotopic (exact) mass is 401 g/mol. The number of nitrogen functional groups attached to an aromatic ring is 1. The van der Waals surface area contributed by atoms with E-state index in [1.807, 2.05) is 0 Å². The van der Waals surface area contributed by atoms with E-state index in [0.29, 0.717) is 6.54 Å². The Labute approximate surface area is 158 Å². The number of carboxylic acids is 1. The quantitative estimate of drug-likeness (QED) is 0.216. The zero-order valence-electron chi connectivity index (χ0n) is 14.3. The average molecular weight is 401 g/mol. The van der Waals surface area contributed by atoms with Crippen LogP contribution in [0.15, 0.2) is 10.5 Å². The molecule has 2 amide bonds. The first-order valence-corrected chi connectivity index (χ1v) is 8.98. The Hall–Kier alpha value is -2.34. The summed E-state index contributed by atoms with van der Waals surface area (Å²) in [6, 6.07) is -0.820. The van der Waals surface area contributed by atoms with E-state index in [1.165, 1.54) is 24.1 Å². The van der Waals surface area contributed by atoms with Crippen LogP contribution in [0.25, 0.3) is 0 Å². The number of carbonyl (C=O) groups excluding carboxylic acids is 2. The van der Waals surface area contributed by atoms with Gasteiger partial charge < -0.3 is 25.9 Å². The van der Waals surface area contributed by atoms with Gasteiger partial charge in [0, 0.05) is 11.9 Å². The largest absolute Gasteiger partial charge is 0.478 e. The molecule has 0 aromatic carbocycles. The summed E-state index contributed by atoms with van der Waals surface area (Å²) >= 11 is 5.36. The summed E-state index contributed by atoms with van der Waals surface area (Å²) in [5, 5.41) is 16.5. The highest BCUT2D eigenvalue weighted by molar-refractivity contribution is 7.81. The van der Waals surface area contributed by atoms with Crippen molar-refractivity contribution in [3.05, 3.63) is 11.1 Å². The number of likely N-dealkylation sites (N-methyl/N-ethyl adjacent to an activating group) is 1. The highest BCUT2D eigenvalue weighted by Crippen LogP contribution is 2.23. The first kappa shape index (κ1) is 20.0.